The van der Waals surface area contributed by atoms with Crippen molar-refractivity contribution in [1.82, 2.24) is 5.32 Å². The zero-order valence-electron chi connectivity index (χ0n) is 9.40. The Kier molecular flexibility index (Phi) is 2.91. The van der Waals surface area contributed by atoms with Gasteiger partial charge in [0.25, 0.3) is 0 Å². The zero-order chi connectivity index (χ0) is 12.4. The fourth-order valence-corrected chi connectivity index (χ4v) is 1.82. The Morgan fingerprint density at radius 2 is 2.00 bits per heavy atom. The van der Waals surface area contributed by atoms with Crippen molar-refractivity contribution in [2.75, 3.05) is 18.0 Å². The Morgan fingerprint density at radius 1 is 1.29 bits per heavy atom. The molecule has 1 N–H and O–H groups in total. The number of amides is 2. The van der Waals surface area contributed by atoms with E-state index in [1.165, 1.54) is 11.8 Å². The molecule has 0 bridgehead atoms. The Bertz CT molecular complexity index is 496. The fourth-order valence-electron chi connectivity index (χ4n) is 1.82. The van der Waals surface area contributed by atoms with Crippen LogP contribution < -0.4 is 10.2 Å². The van der Waals surface area contributed by atoms with Crippen LogP contribution in [0, 0.1) is 0 Å². The molecule has 88 valence electrons. The second-order valence-corrected chi connectivity index (χ2v) is 3.79. The average molecular weight is 232 g/mol. The van der Waals surface area contributed by atoms with Crippen molar-refractivity contribution in [3.05, 3.63) is 29.8 Å². The lowest BCUT2D eigenvalue weighted by Gasteiger charge is -2.27. The molecule has 0 unspecified atom stereocenters. The molecule has 1 aliphatic heterocycles. The minimum Gasteiger partial charge on any atom is -0.346 e. The van der Waals surface area contributed by atoms with Crippen LogP contribution in [0.2, 0.25) is 0 Å². The first-order valence-corrected chi connectivity index (χ1v) is 5.31. The number of piperazine rings is 1. The third kappa shape index (κ3) is 2.04. The predicted octanol–water partition coefficient (Wildman–Crippen LogP) is 0.352. The SMILES string of the molecule is CC(=O)c1ccccc1N1CCNC(=O)C1=O. The third-order valence-electron chi connectivity index (χ3n) is 2.63. The van der Waals surface area contributed by atoms with Gasteiger partial charge in [-0.25, -0.2) is 0 Å². The normalized spacial score (nSPS) is 15.7. The highest BCUT2D eigenvalue weighted by atomic mass is 16.2. The number of carbonyl (C=O) groups excluding carboxylic acids is 3. The molecule has 1 fully saturated rings. The minimum absolute atomic E-state index is 0.126. The first-order valence-electron chi connectivity index (χ1n) is 5.31. The van der Waals surface area contributed by atoms with E-state index in [4.69, 9.17) is 0 Å². The number of para-hydroxylation sites is 1. The molecule has 1 aromatic carbocycles. The molecule has 1 aliphatic rings. The van der Waals surface area contributed by atoms with Crippen LogP contribution in [0.15, 0.2) is 24.3 Å². The van der Waals surface area contributed by atoms with E-state index >= 15 is 0 Å². The number of rotatable bonds is 2. The lowest BCUT2D eigenvalue weighted by Crippen LogP contribution is -2.52. The summed E-state index contributed by atoms with van der Waals surface area (Å²) in [7, 11) is 0. The molecule has 0 spiro atoms. The van der Waals surface area contributed by atoms with E-state index in [1.54, 1.807) is 24.3 Å². The zero-order valence-corrected chi connectivity index (χ0v) is 9.40. The number of carbonyl (C=O) groups is 3. The Labute approximate surface area is 98.4 Å². The fraction of sp³-hybridized carbons (Fsp3) is 0.250. The third-order valence-corrected chi connectivity index (χ3v) is 2.63. The average Bonchev–Trinajstić information content (AvgIpc) is 2.33. The van der Waals surface area contributed by atoms with E-state index < -0.39 is 11.8 Å². The van der Waals surface area contributed by atoms with E-state index in [-0.39, 0.29) is 5.78 Å². The number of ketones is 1. The molecule has 2 rings (SSSR count). The van der Waals surface area contributed by atoms with E-state index in [1.807, 2.05) is 0 Å². The first kappa shape index (κ1) is 11.3. The molecule has 0 saturated carbocycles. The highest BCUT2D eigenvalue weighted by Crippen LogP contribution is 2.21. The molecule has 1 saturated heterocycles. The van der Waals surface area contributed by atoms with Gasteiger partial charge >= 0.3 is 11.8 Å². The highest BCUT2D eigenvalue weighted by Gasteiger charge is 2.28. The van der Waals surface area contributed by atoms with Crippen molar-refractivity contribution in [3.8, 4) is 0 Å². The number of hydrogen-bond donors (Lipinski definition) is 1. The molecule has 0 radical (unpaired) electrons. The maximum atomic E-state index is 11.7. The van der Waals surface area contributed by atoms with Gasteiger partial charge in [-0.2, -0.15) is 0 Å². The van der Waals surface area contributed by atoms with E-state index in [0.717, 1.165) is 0 Å². The number of nitrogens with one attached hydrogen (secondary N) is 1. The molecule has 2 amide bonds. The summed E-state index contributed by atoms with van der Waals surface area (Å²) < 4.78 is 0. The highest BCUT2D eigenvalue weighted by molar-refractivity contribution is 6.41. The monoisotopic (exact) mass is 232 g/mol. The molecular weight excluding hydrogens is 220 g/mol. The summed E-state index contributed by atoms with van der Waals surface area (Å²) in [4.78, 5) is 35.8. The van der Waals surface area contributed by atoms with Crippen LogP contribution in [0.25, 0.3) is 0 Å². The first-order chi connectivity index (χ1) is 8.11. The summed E-state index contributed by atoms with van der Waals surface area (Å²) in [6.45, 7) is 2.22. The maximum Gasteiger partial charge on any atom is 0.316 e. The van der Waals surface area contributed by atoms with Crippen molar-refractivity contribution >= 4 is 23.3 Å². The second-order valence-electron chi connectivity index (χ2n) is 3.79. The van der Waals surface area contributed by atoms with E-state index in [2.05, 4.69) is 5.32 Å². The van der Waals surface area contributed by atoms with Gasteiger partial charge in [0.1, 0.15) is 0 Å². The van der Waals surface area contributed by atoms with Crippen LogP contribution in [0.4, 0.5) is 5.69 Å². The second kappa shape index (κ2) is 4.37. The number of hydrogen-bond acceptors (Lipinski definition) is 3. The Hall–Kier alpha value is -2.17. The smallest absolute Gasteiger partial charge is 0.316 e. The Morgan fingerprint density at radius 3 is 2.71 bits per heavy atom. The van der Waals surface area contributed by atoms with Gasteiger partial charge < -0.3 is 10.2 Å². The number of nitrogens with zero attached hydrogens (tertiary/aromatic N) is 1. The Balaban J connectivity index is 2.43. The van der Waals surface area contributed by atoms with Gasteiger partial charge in [-0.15, -0.1) is 0 Å². The van der Waals surface area contributed by atoms with Gasteiger partial charge in [0.15, 0.2) is 5.78 Å². The summed E-state index contributed by atoms with van der Waals surface area (Å²) in [6.07, 6.45) is 0. The molecule has 5 nitrogen and oxygen atoms in total. The predicted molar refractivity (Wildman–Crippen MR) is 61.8 cm³/mol. The number of anilines is 1. The summed E-state index contributed by atoms with van der Waals surface area (Å²) >= 11 is 0. The summed E-state index contributed by atoms with van der Waals surface area (Å²) in [5.74, 6) is -1.38. The standard InChI is InChI=1S/C12H12N2O3/c1-8(15)9-4-2-3-5-10(9)14-7-6-13-11(16)12(14)17/h2-5H,6-7H2,1H3,(H,13,16). The van der Waals surface area contributed by atoms with Crippen LogP contribution >= 0.6 is 0 Å². The van der Waals surface area contributed by atoms with E-state index in [9.17, 15) is 14.4 Å². The van der Waals surface area contributed by atoms with Crippen molar-refractivity contribution in [1.29, 1.82) is 0 Å². The van der Waals surface area contributed by atoms with Crippen LogP contribution in [-0.4, -0.2) is 30.7 Å². The maximum absolute atomic E-state index is 11.7. The largest absolute Gasteiger partial charge is 0.346 e. The van der Waals surface area contributed by atoms with Gasteiger partial charge in [-0.1, -0.05) is 12.1 Å². The van der Waals surface area contributed by atoms with Crippen molar-refractivity contribution in [3.63, 3.8) is 0 Å². The molecule has 17 heavy (non-hydrogen) atoms. The van der Waals surface area contributed by atoms with Gasteiger partial charge in [0, 0.05) is 18.7 Å². The van der Waals surface area contributed by atoms with Crippen LogP contribution in [0.1, 0.15) is 17.3 Å². The minimum atomic E-state index is -0.630. The van der Waals surface area contributed by atoms with Crippen molar-refractivity contribution in [2.24, 2.45) is 0 Å². The quantitative estimate of drug-likeness (QED) is 0.591. The summed E-state index contributed by atoms with van der Waals surface area (Å²) in [6, 6.07) is 6.79. The summed E-state index contributed by atoms with van der Waals surface area (Å²) in [5, 5.41) is 2.47. The van der Waals surface area contributed by atoms with Crippen LogP contribution in [0.5, 0.6) is 0 Å². The van der Waals surface area contributed by atoms with Crippen LogP contribution in [-0.2, 0) is 9.59 Å². The molecule has 0 aromatic heterocycles. The lowest BCUT2D eigenvalue weighted by atomic mass is 10.1. The summed E-state index contributed by atoms with van der Waals surface area (Å²) in [5.41, 5.74) is 0.954. The van der Waals surface area contributed by atoms with Crippen molar-refractivity contribution in [2.45, 2.75) is 6.92 Å². The lowest BCUT2D eigenvalue weighted by molar-refractivity contribution is -0.138. The molecule has 0 atom stereocenters. The topological polar surface area (TPSA) is 66.5 Å². The number of benzene rings is 1. The van der Waals surface area contributed by atoms with Gasteiger partial charge in [-0.3, -0.25) is 14.4 Å². The molecule has 0 aliphatic carbocycles. The molecule has 5 heteroatoms. The molecule has 1 heterocycles. The van der Waals surface area contributed by atoms with Gasteiger partial charge in [-0.05, 0) is 19.1 Å². The van der Waals surface area contributed by atoms with Gasteiger partial charge in [0.2, 0.25) is 0 Å². The molecular formula is C12H12N2O3. The van der Waals surface area contributed by atoms with Crippen molar-refractivity contribution < 1.29 is 14.4 Å². The van der Waals surface area contributed by atoms with E-state index in [0.29, 0.717) is 24.3 Å². The number of Topliss-reactive ketones (excluding diaryl/α,β-unsaturated/α-hetero) is 1. The molecule has 1 aromatic rings. The van der Waals surface area contributed by atoms with Gasteiger partial charge in [0.05, 0.1) is 5.69 Å². The van der Waals surface area contributed by atoms with Crippen LogP contribution in [0.3, 0.4) is 0 Å².